The lowest BCUT2D eigenvalue weighted by Crippen LogP contribution is -2.07. The van der Waals surface area contributed by atoms with Crippen molar-refractivity contribution in [2.45, 2.75) is 6.92 Å². The zero-order valence-electron chi connectivity index (χ0n) is 9.05. The van der Waals surface area contributed by atoms with E-state index < -0.39 is 0 Å². The highest BCUT2D eigenvalue weighted by molar-refractivity contribution is 5.73. The molecule has 1 aliphatic heterocycles. The third kappa shape index (κ3) is 2.76. The van der Waals surface area contributed by atoms with Crippen LogP contribution in [0.1, 0.15) is 6.92 Å². The lowest BCUT2D eigenvalue weighted by atomic mass is 10.3. The van der Waals surface area contributed by atoms with E-state index in [9.17, 15) is 0 Å². The second-order valence-electron chi connectivity index (χ2n) is 3.15. The SMILES string of the molecule is CCOC=C1COC(Oc2ccccc2)=N1. The molecule has 0 N–H and O–H groups in total. The van der Waals surface area contributed by atoms with Crippen molar-refractivity contribution in [1.82, 2.24) is 0 Å². The number of hydrogen-bond acceptors (Lipinski definition) is 4. The Morgan fingerprint density at radius 2 is 2.19 bits per heavy atom. The Kier molecular flexibility index (Phi) is 3.43. The van der Waals surface area contributed by atoms with Gasteiger partial charge in [-0.2, -0.15) is 4.99 Å². The fourth-order valence-electron chi connectivity index (χ4n) is 1.20. The average Bonchev–Trinajstić information content (AvgIpc) is 2.75. The lowest BCUT2D eigenvalue weighted by molar-refractivity contribution is 0.254. The molecule has 1 heterocycles. The predicted octanol–water partition coefficient (Wildman–Crippen LogP) is 2.33. The number of nitrogens with zero attached hydrogens (tertiary/aromatic N) is 1. The molecule has 0 fully saturated rings. The van der Waals surface area contributed by atoms with Gasteiger partial charge in [0.25, 0.3) is 0 Å². The maximum absolute atomic E-state index is 5.42. The second kappa shape index (κ2) is 5.21. The minimum absolute atomic E-state index is 0.261. The van der Waals surface area contributed by atoms with Crippen LogP contribution in [0.4, 0.5) is 0 Å². The van der Waals surface area contributed by atoms with Crippen LogP contribution in [0, 0.1) is 0 Å². The van der Waals surface area contributed by atoms with Crippen molar-refractivity contribution in [3.8, 4) is 5.75 Å². The Morgan fingerprint density at radius 3 is 2.94 bits per heavy atom. The topological polar surface area (TPSA) is 40.0 Å². The van der Waals surface area contributed by atoms with Gasteiger partial charge in [0, 0.05) is 0 Å². The van der Waals surface area contributed by atoms with Crippen LogP contribution in [0.25, 0.3) is 0 Å². The molecular formula is C12H13NO3. The number of para-hydroxylation sites is 1. The molecule has 0 aromatic heterocycles. The lowest BCUT2D eigenvalue weighted by Gasteiger charge is -2.02. The van der Waals surface area contributed by atoms with E-state index in [-0.39, 0.29) is 6.08 Å². The average molecular weight is 219 g/mol. The van der Waals surface area contributed by atoms with Crippen molar-refractivity contribution in [3.63, 3.8) is 0 Å². The fraction of sp³-hybridized carbons (Fsp3) is 0.250. The molecule has 4 nitrogen and oxygen atoms in total. The van der Waals surface area contributed by atoms with Crippen LogP contribution < -0.4 is 4.74 Å². The Labute approximate surface area is 94.2 Å². The molecule has 84 valence electrons. The van der Waals surface area contributed by atoms with Gasteiger partial charge in [-0.1, -0.05) is 18.2 Å². The minimum Gasteiger partial charge on any atom is -0.499 e. The third-order valence-corrected chi connectivity index (χ3v) is 1.91. The fourth-order valence-corrected chi connectivity index (χ4v) is 1.20. The van der Waals surface area contributed by atoms with Crippen LogP contribution in [0.3, 0.4) is 0 Å². The Morgan fingerprint density at radius 1 is 1.38 bits per heavy atom. The van der Waals surface area contributed by atoms with Gasteiger partial charge in [0.1, 0.15) is 24.3 Å². The van der Waals surface area contributed by atoms with E-state index in [1.54, 1.807) is 6.26 Å². The Hall–Kier alpha value is -1.97. The van der Waals surface area contributed by atoms with Gasteiger partial charge in [-0.3, -0.25) is 0 Å². The van der Waals surface area contributed by atoms with E-state index in [0.717, 1.165) is 5.70 Å². The number of benzene rings is 1. The predicted molar refractivity (Wildman–Crippen MR) is 60.2 cm³/mol. The van der Waals surface area contributed by atoms with Gasteiger partial charge < -0.3 is 14.2 Å². The van der Waals surface area contributed by atoms with Crippen molar-refractivity contribution in [1.29, 1.82) is 0 Å². The summed E-state index contributed by atoms with van der Waals surface area (Å²) in [6.07, 6.45) is 1.85. The van der Waals surface area contributed by atoms with Crippen LogP contribution in [-0.2, 0) is 9.47 Å². The number of aliphatic imine (C=N–C) groups is 1. The van der Waals surface area contributed by atoms with Crippen LogP contribution in [0.2, 0.25) is 0 Å². The summed E-state index contributed by atoms with van der Waals surface area (Å²) in [4.78, 5) is 4.13. The van der Waals surface area contributed by atoms with E-state index in [1.807, 2.05) is 37.3 Å². The van der Waals surface area contributed by atoms with Gasteiger partial charge >= 0.3 is 6.08 Å². The third-order valence-electron chi connectivity index (χ3n) is 1.91. The summed E-state index contributed by atoms with van der Waals surface area (Å²) in [6, 6.07) is 9.39. The van der Waals surface area contributed by atoms with E-state index >= 15 is 0 Å². The van der Waals surface area contributed by atoms with Crippen molar-refractivity contribution in [3.05, 3.63) is 42.3 Å². The number of ether oxygens (including phenoxy) is 3. The first-order chi connectivity index (χ1) is 7.88. The zero-order valence-corrected chi connectivity index (χ0v) is 9.05. The molecule has 0 aliphatic carbocycles. The largest absolute Gasteiger partial charge is 0.499 e. The van der Waals surface area contributed by atoms with E-state index in [0.29, 0.717) is 19.0 Å². The van der Waals surface area contributed by atoms with Gasteiger partial charge in [0.05, 0.1) is 6.61 Å². The molecule has 1 aromatic rings. The summed E-state index contributed by atoms with van der Waals surface area (Å²) in [5.41, 5.74) is 0.729. The zero-order chi connectivity index (χ0) is 11.2. The molecule has 0 radical (unpaired) electrons. The molecular weight excluding hydrogens is 206 g/mol. The monoisotopic (exact) mass is 219 g/mol. The normalized spacial score (nSPS) is 16.8. The Balaban J connectivity index is 1.97. The highest BCUT2D eigenvalue weighted by atomic mass is 16.7. The molecule has 0 bridgehead atoms. The van der Waals surface area contributed by atoms with Crippen molar-refractivity contribution in [2.75, 3.05) is 13.2 Å². The summed E-state index contributed by atoms with van der Waals surface area (Å²) in [5.74, 6) is 0.707. The molecule has 0 saturated carbocycles. The first-order valence-electron chi connectivity index (χ1n) is 5.13. The van der Waals surface area contributed by atoms with E-state index in [2.05, 4.69) is 4.99 Å². The first kappa shape index (κ1) is 10.5. The molecule has 4 heteroatoms. The molecule has 0 atom stereocenters. The smallest absolute Gasteiger partial charge is 0.394 e. The molecule has 0 unspecified atom stereocenters. The minimum atomic E-state index is 0.261. The Bertz CT molecular complexity index is 398. The van der Waals surface area contributed by atoms with Gasteiger partial charge in [0.15, 0.2) is 0 Å². The molecule has 0 amide bonds. The molecule has 0 spiro atoms. The summed E-state index contributed by atoms with van der Waals surface area (Å²) < 4.78 is 15.8. The molecule has 1 aromatic carbocycles. The first-order valence-corrected chi connectivity index (χ1v) is 5.13. The molecule has 16 heavy (non-hydrogen) atoms. The van der Waals surface area contributed by atoms with Crippen molar-refractivity contribution in [2.24, 2.45) is 4.99 Å². The number of rotatable bonds is 3. The summed E-state index contributed by atoms with van der Waals surface area (Å²) in [7, 11) is 0. The van der Waals surface area contributed by atoms with Gasteiger partial charge in [-0.15, -0.1) is 0 Å². The van der Waals surface area contributed by atoms with Crippen LogP contribution >= 0.6 is 0 Å². The highest BCUT2D eigenvalue weighted by Gasteiger charge is 2.14. The number of hydrogen-bond donors (Lipinski definition) is 0. The summed E-state index contributed by atoms with van der Waals surface area (Å²) in [6.45, 7) is 2.92. The van der Waals surface area contributed by atoms with E-state index in [4.69, 9.17) is 14.2 Å². The summed E-state index contributed by atoms with van der Waals surface area (Å²) in [5, 5.41) is 0. The van der Waals surface area contributed by atoms with Crippen LogP contribution in [0.15, 0.2) is 47.3 Å². The van der Waals surface area contributed by atoms with Crippen LogP contribution in [-0.4, -0.2) is 19.3 Å². The van der Waals surface area contributed by atoms with Crippen LogP contribution in [0.5, 0.6) is 5.75 Å². The van der Waals surface area contributed by atoms with Gasteiger partial charge in [-0.05, 0) is 19.1 Å². The maximum Gasteiger partial charge on any atom is 0.394 e. The molecule has 1 aliphatic rings. The summed E-state index contributed by atoms with van der Waals surface area (Å²) >= 11 is 0. The van der Waals surface area contributed by atoms with Gasteiger partial charge in [0.2, 0.25) is 0 Å². The highest BCUT2D eigenvalue weighted by Crippen LogP contribution is 2.14. The van der Waals surface area contributed by atoms with Crippen molar-refractivity contribution < 1.29 is 14.2 Å². The van der Waals surface area contributed by atoms with Gasteiger partial charge in [-0.25, -0.2) is 0 Å². The van der Waals surface area contributed by atoms with Crippen molar-refractivity contribution >= 4 is 6.08 Å². The second-order valence-corrected chi connectivity index (χ2v) is 3.15. The standard InChI is InChI=1S/C12H13NO3/c1-2-14-8-10-9-15-12(13-10)16-11-6-4-3-5-7-11/h3-8H,2,9H2,1H3. The van der Waals surface area contributed by atoms with E-state index in [1.165, 1.54) is 0 Å². The maximum atomic E-state index is 5.42. The molecule has 2 rings (SSSR count). The quantitative estimate of drug-likeness (QED) is 0.732. The molecule has 0 saturated heterocycles.